The molecule has 0 aliphatic rings. The maximum Gasteiger partial charge on any atom is 0.146 e. The molecule has 644 valence electrons. The second-order valence-corrected chi connectivity index (χ2v) is 38.5. The average Bonchev–Trinajstić information content (AvgIpc) is 1.69. The molecule has 10 aromatic heterocycles. The summed E-state index contributed by atoms with van der Waals surface area (Å²) in [6, 6.07) is 62.6. The van der Waals surface area contributed by atoms with E-state index in [0.717, 1.165) is 119 Å². The number of rotatable bonds is 12. The number of pyridine rings is 6. The van der Waals surface area contributed by atoms with Crippen molar-refractivity contribution in [2.45, 2.75) is 213 Å². The molecule has 0 aliphatic heterocycles. The third-order valence-electron chi connectivity index (χ3n) is 21.0. The van der Waals surface area contributed by atoms with E-state index in [2.05, 4.69) is 243 Å². The van der Waals surface area contributed by atoms with Gasteiger partial charge in [-0.3, -0.25) is 9.97 Å². The van der Waals surface area contributed by atoms with E-state index in [0.29, 0.717) is 27.3 Å². The highest BCUT2D eigenvalue weighted by atomic mass is 35.5. The lowest BCUT2D eigenvalue weighted by atomic mass is 9.86. The van der Waals surface area contributed by atoms with E-state index < -0.39 is 0 Å². The zero-order valence-electron chi connectivity index (χ0n) is 76.9. The van der Waals surface area contributed by atoms with Crippen LogP contribution >= 0.6 is 23.2 Å². The third-order valence-corrected chi connectivity index (χ3v) is 21.6. The predicted molar refractivity (Wildman–Crippen MR) is 508 cm³/mol. The normalized spacial score (nSPS) is 11.7. The summed E-state index contributed by atoms with van der Waals surface area (Å²) in [5, 5.41) is 5.46. The number of halogens is 2. The standard InChI is InChI=1S/C19H22N2O.C18H19ClN2O.2C18H20N2O.C17H21NO.C16H18ClNO/c1-13-10-15(19(3,4)5)6-7-17(13)22-16-8-9-21-14(2)12-20-18(21)11-16;1-12-11-20-17-10-14(7-8-21(12)17)22-16-6-5-13(9-15(16)19)18(2,3)4;1-13-11-14(18(2,3)4)5-8-17(13)21-16-7-6-15-9-10-19-20(15)12-16;1-13-11-14(18(2,3)4)5-6-16(13)21-15-7-9-20-10-8-19-17(20)12-15;1-12-10-14(17(3,4)5)7-9-16(12)19-15-8-6-13(2)18-11-15;1-11-5-7-13(10-18-11)19-15-8-6-12(9-14(15)17)16(2,3)4/h6-12H,1-5H3;5-11H,1-4H3;2*5-12H,1-4H3;6-11H,1-5H3;5-10H,1-4H3. The summed E-state index contributed by atoms with van der Waals surface area (Å²) in [6.45, 7) is 55.8. The van der Waals surface area contributed by atoms with E-state index in [4.69, 9.17) is 51.6 Å². The monoisotopic (exact) mass is 1700 g/mol. The van der Waals surface area contributed by atoms with Gasteiger partial charge in [0.1, 0.15) is 85.9 Å². The van der Waals surface area contributed by atoms with E-state index in [1.165, 1.54) is 33.4 Å². The Morgan fingerprint density at radius 2 is 0.589 bits per heavy atom. The van der Waals surface area contributed by atoms with Crippen LogP contribution in [0, 0.1) is 55.4 Å². The first-order valence-electron chi connectivity index (χ1n) is 42.0. The van der Waals surface area contributed by atoms with Crippen molar-refractivity contribution < 1.29 is 28.4 Å². The van der Waals surface area contributed by atoms with E-state index in [9.17, 15) is 0 Å². The molecule has 0 aliphatic carbocycles. The molecular weight excluding hydrogens is 1580 g/mol. The van der Waals surface area contributed by atoms with Crippen LogP contribution in [0.5, 0.6) is 69.0 Å². The molecule has 0 bridgehead atoms. The van der Waals surface area contributed by atoms with Crippen LogP contribution in [0.2, 0.25) is 10.0 Å². The van der Waals surface area contributed by atoms with Crippen LogP contribution in [0.1, 0.15) is 203 Å². The summed E-state index contributed by atoms with van der Waals surface area (Å²) in [5.41, 5.74) is 20.8. The Bertz CT molecular complexity index is 5950. The zero-order valence-corrected chi connectivity index (χ0v) is 78.4. The first-order chi connectivity index (χ1) is 58.3. The van der Waals surface area contributed by atoms with Crippen molar-refractivity contribution in [3.8, 4) is 69.0 Å². The number of aromatic nitrogens is 10. The number of ether oxygens (including phenoxy) is 6. The van der Waals surface area contributed by atoms with Crippen molar-refractivity contribution in [3.63, 3.8) is 0 Å². The highest BCUT2D eigenvalue weighted by Gasteiger charge is 2.22. The maximum absolute atomic E-state index is 6.36. The Hall–Kier alpha value is -12.2. The van der Waals surface area contributed by atoms with Crippen molar-refractivity contribution in [2.75, 3.05) is 0 Å². The highest BCUT2D eigenvalue weighted by Crippen LogP contribution is 2.40. The topological polar surface area (TPSA) is 150 Å². The zero-order chi connectivity index (χ0) is 90.0. The minimum Gasteiger partial charge on any atom is -0.457 e. The molecule has 18 heteroatoms. The molecule has 0 amide bonds. The minimum absolute atomic E-state index is 0.0639. The van der Waals surface area contributed by atoms with Gasteiger partial charge in [0, 0.05) is 90.5 Å². The second-order valence-electron chi connectivity index (χ2n) is 37.7. The van der Waals surface area contributed by atoms with Gasteiger partial charge in [-0.2, -0.15) is 5.10 Å². The van der Waals surface area contributed by atoms with Crippen molar-refractivity contribution in [2.24, 2.45) is 0 Å². The molecule has 0 radical (unpaired) electrons. The fraction of sp³-hybridized carbons (Fsp3) is 0.302. The number of hydrogen-bond donors (Lipinski definition) is 0. The Labute approximate surface area is 743 Å². The summed E-state index contributed by atoms with van der Waals surface area (Å²) < 4.78 is 43.4. The molecule has 0 saturated heterocycles. The Balaban J connectivity index is 0.000000145. The number of aryl methyl sites for hydroxylation is 8. The fourth-order valence-electron chi connectivity index (χ4n) is 13.0. The molecule has 0 N–H and O–H groups in total. The summed E-state index contributed by atoms with van der Waals surface area (Å²) in [4.78, 5) is 21.4. The van der Waals surface area contributed by atoms with Crippen LogP contribution in [0.3, 0.4) is 0 Å². The summed E-state index contributed by atoms with van der Waals surface area (Å²) >= 11 is 12.6. The lowest BCUT2D eigenvalue weighted by Crippen LogP contribution is -2.11. The largest absolute Gasteiger partial charge is 0.457 e. The molecule has 6 aromatic carbocycles. The van der Waals surface area contributed by atoms with Gasteiger partial charge in [0.25, 0.3) is 0 Å². The first kappa shape index (κ1) is 92.5. The minimum atomic E-state index is 0.0639. The number of nitrogens with zero attached hydrogens (tertiary/aromatic N) is 10. The van der Waals surface area contributed by atoms with Crippen LogP contribution in [0.25, 0.3) is 22.5 Å². The van der Waals surface area contributed by atoms with Gasteiger partial charge in [-0.1, -0.05) is 208 Å². The van der Waals surface area contributed by atoms with Gasteiger partial charge in [-0.25, -0.2) is 19.5 Å². The van der Waals surface area contributed by atoms with Gasteiger partial charge in [0.15, 0.2) is 0 Å². The lowest BCUT2D eigenvalue weighted by molar-refractivity contribution is 0.473. The Kier molecular flexibility index (Phi) is 28.8. The van der Waals surface area contributed by atoms with Crippen molar-refractivity contribution in [1.29, 1.82) is 0 Å². The van der Waals surface area contributed by atoms with E-state index in [1.807, 2.05) is 216 Å². The van der Waals surface area contributed by atoms with E-state index in [1.54, 1.807) is 24.8 Å². The summed E-state index contributed by atoms with van der Waals surface area (Å²) in [5.74, 6) is 9.45. The van der Waals surface area contributed by atoms with Crippen molar-refractivity contribution >= 4 is 45.7 Å². The molecule has 124 heavy (non-hydrogen) atoms. The van der Waals surface area contributed by atoms with Gasteiger partial charge in [0.05, 0.1) is 34.2 Å². The highest BCUT2D eigenvalue weighted by molar-refractivity contribution is 6.32. The molecule has 0 unspecified atom stereocenters. The molecule has 16 aromatic rings. The first-order valence-corrected chi connectivity index (χ1v) is 42.7. The van der Waals surface area contributed by atoms with Crippen LogP contribution < -0.4 is 28.4 Å². The molecule has 0 spiro atoms. The van der Waals surface area contributed by atoms with E-state index in [-0.39, 0.29) is 32.5 Å². The van der Waals surface area contributed by atoms with Crippen LogP contribution in [-0.4, -0.2) is 47.7 Å². The van der Waals surface area contributed by atoms with Gasteiger partial charge in [-0.15, -0.1) is 0 Å². The molecule has 16 rings (SSSR count). The fourth-order valence-corrected chi connectivity index (χ4v) is 13.5. The second kappa shape index (κ2) is 38.7. The van der Waals surface area contributed by atoms with Crippen LogP contribution in [0.4, 0.5) is 0 Å². The number of hydrogen-bond acceptors (Lipinski definition) is 12. The van der Waals surface area contributed by atoms with Gasteiger partial charge in [0.2, 0.25) is 0 Å². The van der Waals surface area contributed by atoms with Crippen LogP contribution in [0.15, 0.2) is 256 Å². The molecule has 0 fully saturated rings. The van der Waals surface area contributed by atoms with Crippen molar-refractivity contribution in [1.82, 2.24) is 47.7 Å². The smallest absolute Gasteiger partial charge is 0.146 e. The van der Waals surface area contributed by atoms with E-state index >= 15 is 0 Å². The third kappa shape index (κ3) is 25.0. The molecule has 0 saturated carbocycles. The number of fused-ring (bicyclic) bond motifs is 4. The maximum atomic E-state index is 6.36. The van der Waals surface area contributed by atoms with Gasteiger partial charge >= 0.3 is 0 Å². The summed E-state index contributed by atoms with van der Waals surface area (Å²) in [7, 11) is 0. The van der Waals surface area contributed by atoms with Gasteiger partial charge in [-0.05, 0) is 253 Å². The number of benzene rings is 6. The summed E-state index contributed by atoms with van der Waals surface area (Å²) in [6.07, 6.45) is 20.4. The molecule has 16 nitrogen and oxygen atoms in total. The SMILES string of the molecule is Cc1cc(C(C)(C)C)ccc1Oc1ccc2ccnn2c1.Cc1cc(C(C)(C)C)ccc1Oc1ccn2c(C)cnc2c1.Cc1cc(C(C)(C)C)ccc1Oc1ccn2ccnc2c1.Cc1ccc(Oc2ccc(C(C)(C)C)cc2C)cn1.Cc1ccc(Oc2ccc(C(C)(C)C)cc2Cl)cn1.Cc1cnc2cc(Oc3ccc(C(C)(C)C)cc3Cl)ccn12. The number of imidazole rings is 3. The van der Waals surface area contributed by atoms with Crippen LogP contribution in [-0.2, 0) is 32.5 Å². The average molecular weight is 1700 g/mol. The van der Waals surface area contributed by atoms with Gasteiger partial charge < -0.3 is 41.6 Å². The molecule has 0 atom stereocenters. The Morgan fingerprint density at radius 3 is 0.944 bits per heavy atom. The lowest BCUT2D eigenvalue weighted by Gasteiger charge is -2.20. The predicted octanol–water partition coefficient (Wildman–Crippen LogP) is 29.8. The molecule has 10 heterocycles. The Morgan fingerprint density at radius 1 is 0.266 bits per heavy atom. The van der Waals surface area contributed by atoms with Crippen molar-refractivity contribution in [3.05, 3.63) is 345 Å². The molecular formula is C106H120Cl2N10O6. The quantitative estimate of drug-likeness (QED) is 0.115.